The Balaban J connectivity index is 2.97. The van der Waals surface area contributed by atoms with Gasteiger partial charge in [-0.05, 0) is 19.3 Å². The standard InChI is InChI=1S/C10H22O2/c1-3-7-10(11)8-5-4-6-9-12-2/h10-11H,3-9H2,1-2H3. The fourth-order valence-electron chi connectivity index (χ4n) is 1.28. The maximum absolute atomic E-state index is 9.37. The maximum Gasteiger partial charge on any atom is 0.0540 e. The molecule has 74 valence electrons. The van der Waals surface area contributed by atoms with Gasteiger partial charge in [-0.2, -0.15) is 0 Å². The summed E-state index contributed by atoms with van der Waals surface area (Å²) in [5.41, 5.74) is 0. The van der Waals surface area contributed by atoms with Crippen LogP contribution in [0, 0.1) is 0 Å². The molecule has 0 aliphatic carbocycles. The maximum atomic E-state index is 9.37. The predicted molar refractivity (Wildman–Crippen MR) is 51.3 cm³/mol. The minimum absolute atomic E-state index is 0.0717. The van der Waals surface area contributed by atoms with Crippen LogP contribution < -0.4 is 0 Å². The highest BCUT2D eigenvalue weighted by molar-refractivity contribution is 4.54. The average Bonchev–Trinajstić information content (AvgIpc) is 2.05. The first kappa shape index (κ1) is 11.9. The van der Waals surface area contributed by atoms with Gasteiger partial charge in [-0.1, -0.05) is 26.2 Å². The molecule has 0 saturated carbocycles. The highest BCUT2D eigenvalue weighted by Gasteiger charge is 2.00. The summed E-state index contributed by atoms with van der Waals surface area (Å²) in [5.74, 6) is 0. The monoisotopic (exact) mass is 174 g/mol. The molecule has 0 aromatic carbocycles. The number of methoxy groups -OCH3 is 1. The summed E-state index contributed by atoms with van der Waals surface area (Å²) in [6.07, 6.45) is 6.34. The van der Waals surface area contributed by atoms with Crippen molar-refractivity contribution in [1.29, 1.82) is 0 Å². The van der Waals surface area contributed by atoms with Crippen LogP contribution in [0.4, 0.5) is 0 Å². The fraction of sp³-hybridized carbons (Fsp3) is 1.00. The molecule has 0 fully saturated rings. The average molecular weight is 174 g/mol. The Labute approximate surface area is 75.9 Å². The van der Waals surface area contributed by atoms with Gasteiger partial charge in [0.1, 0.15) is 0 Å². The van der Waals surface area contributed by atoms with Gasteiger partial charge in [0.2, 0.25) is 0 Å². The van der Waals surface area contributed by atoms with E-state index in [-0.39, 0.29) is 6.10 Å². The largest absolute Gasteiger partial charge is 0.393 e. The van der Waals surface area contributed by atoms with Crippen molar-refractivity contribution in [1.82, 2.24) is 0 Å². The quantitative estimate of drug-likeness (QED) is 0.572. The van der Waals surface area contributed by atoms with Gasteiger partial charge in [-0.15, -0.1) is 0 Å². The van der Waals surface area contributed by atoms with E-state index in [2.05, 4.69) is 6.92 Å². The van der Waals surface area contributed by atoms with Crippen LogP contribution in [0.25, 0.3) is 0 Å². The molecule has 0 bridgehead atoms. The fourth-order valence-corrected chi connectivity index (χ4v) is 1.28. The molecule has 1 unspecified atom stereocenters. The van der Waals surface area contributed by atoms with E-state index in [4.69, 9.17) is 4.74 Å². The van der Waals surface area contributed by atoms with E-state index in [1.165, 1.54) is 6.42 Å². The van der Waals surface area contributed by atoms with Crippen LogP contribution >= 0.6 is 0 Å². The van der Waals surface area contributed by atoms with Crippen molar-refractivity contribution >= 4 is 0 Å². The second-order valence-electron chi connectivity index (χ2n) is 3.28. The van der Waals surface area contributed by atoms with Crippen LogP contribution in [-0.4, -0.2) is 24.9 Å². The van der Waals surface area contributed by atoms with Crippen LogP contribution in [-0.2, 0) is 4.74 Å². The molecular weight excluding hydrogens is 152 g/mol. The van der Waals surface area contributed by atoms with E-state index in [1.807, 2.05) is 0 Å². The molecule has 2 heteroatoms. The van der Waals surface area contributed by atoms with E-state index < -0.39 is 0 Å². The molecule has 0 amide bonds. The summed E-state index contributed by atoms with van der Waals surface area (Å²) < 4.78 is 4.93. The lowest BCUT2D eigenvalue weighted by Gasteiger charge is -2.07. The zero-order chi connectivity index (χ0) is 9.23. The number of hydrogen-bond acceptors (Lipinski definition) is 2. The van der Waals surface area contributed by atoms with E-state index in [0.29, 0.717) is 0 Å². The molecule has 0 aromatic heterocycles. The molecular formula is C10H22O2. The Morgan fingerprint density at radius 2 is 1.92 bits per heavy atom. The second kappa shape index (κ2) is 9.01. The Morgan fingerprint density at radius 1 is 1.17 bits per heavy atom. The molecule has 0 radical (unpaired) electrons. The van der Waals surface area contributed by atoms with Crippen molar-refractivity contribution < 1.29 is 9.84 Å². The third-order valence-corrected chi connectivity index (χ3v) is 2.01. The third-order valence-electron chi connectivity index (χ3n) is 2.01. The molecule has 2 nitrogen and oxygen atoms in total. The Morgan fingerprint density at radius 3 is 2.50 bits per heavy atom. The normalized spacial score (nSPS) is 13.2. The zero-order valence-electron chi connectivity index (χ0n) is 8.38. The van der Waals surface area contributed by atoms with Gasteiger partial charge in [0, 0.05) is 13.7 Å². The predicted octanol–water partition coefficient (Wildman–Crippen LogP) is 2.35. The van der Waals surface area contributed by atoms with Crippen molar-refractivity contribution in [3.05, 3.63) is 0 Å². The number of aliphatic hydroxyl groups is 1. The number of rotatable bonds is 8. The summed E-state index contributed by atoms with van der Waals surface area (Å²) >= 11 is 0. The molecule has 0 aliphatic heterocycles. The van der Waals surface area contributed by atoms with Gasteiger partial charge in [0.25, 0.3) is 0 Å². The Hall–Kier alpha value is -0.0800. The van der Waals surface area contributed by atoms with E-state index >= 15 is 0 Å². The van der Waals surface area contributed by atoms with Crippen LogP contribution in [0.15, 0.2) is 0 Å². The van der Waals surface area contributed by atoms with Gasteiger partial charge in [0.05, 0.1) is 6.10 Å². The number of hydrogen-bond donors (Lipinski definition) is 1. The molecule has 0 heterocycles. The van der Waals surface area contributed by atoms with Gasteiger partial charge in [-0.3, -0.25) is 0 Å². The highest BCUT2D eigenvalue weighted by atomic mass is 16.5. The molecule has 0 saturated heterocycles. The smallest absolute Gasteiger partial charge is 0.0540 e. The summed E-state index contributed by atoms with van der Waals surface area (Å²) in [6, 6.07) is 0. The molecule has 1 N–H and O–H groups in total. The van der Waals surface area contributed by atoms with E-state index in [1.54, 1.807) is 7.11 Å². The van der Waals surface area contributed by atoms with Crippen LogP contribution in [0.1, 0.15) is 45.4 Å². The topological polar surface area (TPSA) is 29.5 Å². The lowest BCUT2D eigenvalue weighted by atomic mass is 10.1. The van der Waals surface area contributed by atoms with Gasteiger partial charge in [0.15, 0.2) is 0 Å². The first-order chi connectivity index (χ1) is 5.81. The first-order valence-electron chi connectivity index (χ1n) is 4.98. The third kappa shape index (κ3) is 8.02. The van der Waals surface area contributed by atoms with Crippen LogP contribution in [0.5, 0.6) is 0 Å². The SMILES string of the molecule is CCCC(O)CCCCCOC. The molecule has 0 rings (SSSR count). The van der Waals surface area contributed by atoms with Crippen molar-refractivity contribution in [3.63, 3.8) is 0 Å². The number of ether oxygens (including phenoxy) is 1. The minimum Gasteiger partial charge on any atom is -0.393 e. The lowest BCUT2D eigenvalue weighted by Crippen LogP contribution is -2.05. The molecule has 0 aromatic rings. The molecule has 0 aliphatic rings. The van der Waals surface area contributed by atoms with Crippen molar-refractivity contribution in [2.45, 2.75) is 51.6 Å². The van der Waals surface area contributed by atoms with Crippen molar-refractivity contribution in [2.24, 2.45) is 0 Å². The molecule has 0 spiro atoms. The molecule has 12 heavy (non-hydrogen) atoms. The Kier molecular flexibility index (Phi) is 8.95. The van der Waals surface area contributed by atoms with Crippen LogP contribution in [0.2, 0.25) is 0 Å². The van der Waals surface area contributed by atoms with E-state index in [0.717, 1.165) is 38.7 Å². The highest BCUT2D eigenvalue weighted by Crippen LogP contribution is 2.07. The Bertz CT molecular complexity index is 83.9. The summed E-state index contributed by atoms with van der Waals surface area (Å²) in [7, 11) is 1.73. The van der Waals surface area contributed by atoms with Crippen molar-refractivity contribution in [3.8, 4) is 0 Å². The summed E-state index contributed by atoms with van der Waals surface area (Å²) in [5, 5.41) is 9.37. The first-order valence-corrected chi connectivity index (χ1v) is 4.98. The number of unbranched alkanes of at least 4 members (excludes halogenated alkanes) is 2. The summed E-state index contributed by atoms with van der Waals surface area (Å²) in [4.78, 5) is 0. The van der Waals surface area contributed by atoms with Gasteiger partial charge in [-0.25, -0.2) is 0 Å². The van der Waals surface area contributed by atoms with E-state index in [9.17, 15) is 5.11 Å². The summed E-state index contributed by atoms with van der Waals surface area (Å²) in [6.45, 7) is 2.96. The second-order valence-corrected chi connectivity index (χ2v) is 3.28. The molecule has 1 atom stereocenters. The zero-order valence-corrected chi connectivity index (χ0v) is 8.38. The van der Waals surface area contributed by atoms with Crippen LogP contribution in [0.3, 0.4) is 0 Å². The lowest BCUT2D eigenvalue weighted by molar-refractivity contribution is 0.146. The van der Waals surface area contributed by atoms with Gasteiger partial charge >= 0.3 is 0 Å². The minimum atomic E-state index is -0.0717. The number of aliphatic hydroxyl groups excluding tert-OH is 1. The van der Waals surface area contributed by atoms with Gasteiger partial charge < -0.3 is 9.84 Å². The van der Waals surface area contributed by atoms with Crippen molar-refractivity contribution in [2.75, 3.05) is 13.7 Å².